The number of alkyl halides is 3. The lowest BCUT2D eigenvalue weighted by atomic mass is 9.80. The molecule has 1 heterocycles. The zero-order chi connectivity index (χ0) is 27.3. The van der Waals surface area contributed by atoms with Crippen LogP contribution < -0.4 is 5.73 Å². The molecule has 1 atom stereocenters. The first-order chi connectivity index (χ1) is 18.2. The van der Waals surface area contributed by atoms with E-state index in [1.165, 1.54) is 37.8 Å². The van der Waals surface area contributed by atoms with E-state index >= 15 is 0 Å². The topological polar surface area (TPSA) is 60.9 Å². The molecule has 0 aliphatic heterocycles. The number of halogens is 3. The molecule has 4 aromatic rings. The number of hydrogen-bond acceptors (Lipinski definition) is 2. The quantitative estimate of drug-likeness (QED) is 0.265. The molecule has 3 aromatic carbocycles. The van der Waals surface area contributed by atoms with E-state index in [1.54, 1.807) is 18.3 Å². The third kappa shape index (κ3) is 6.26. The third-order valence-electron chi connectivity index (χ3n) is 7.09. The Morgan fingerprint density at radius 3 is 2.18 bits per heavy atom. The number of primary amides is 1. The van der Waals surface area contributed by atoms with Crippen molar-refractivity contribution in [3.8, 4) is 11.1 Å². The molecule has 1 aliphatic carbocycles. The van der Waals surface area contributed by atoms with Crippen LogP contribution in [0.25, 0.3) is 22.0 Å². The second-order valence-corrected chi connectivity index (χ2v) is 10.0. The maximum absolute atomic E-state index is 12.9. The van der Waals surface area contributed by atoms with Gasteiger partial charge in [-0.2, -0.15) is 18.3 Å². The van der Waals surface area contributed by atoms with Crippen molar-refractivity contribution in [1.29, 1.82) is 0 Å². The van der Waals surface area contributed by atoms with Crippen molar-refractivity contribution in [2.45, 2.75) is 64.6 Å². The molecule has 0 bridgehead atoms. The summed E-state index contributed by atoms with van der Waals surface area (Å²) in [6.45, 7) is 4.25. The SMILES string of the molecule is CCC.NC(=O)c1ccc(C(CCC2CCC2)n2ncc3cc(-c4ccc(C(F)(F)F)cc4)ccc32)cc1. The molecule has 0 radical (unpaired) electrons. The highest BCUT2D eigenvalue weighted by Crippen LogP contribution is 2.36. The maximum atomic E-state index is 12.9. The second-order valence-electron chi connectivity index (χ2n) is 10.0. The number of carbonyl (C=O) groups excluding carboxylic acids is 1. The van der Waals surface area contributed by atoms with Crippen LogP contribution in [0.1, 0.15) is 79.9 Å². The zero-order valence-corrected chi connectivity index (χ0v) is 21.8. The van der Waals surface area contributed by atoms with Gasteiger partial charge in [-0.1, -0.05) is 69.9 Å². The first-order valence-corrected chi connectivity index (χ1v) is 13.3. The molecule has 0 saturated heterocycles. The highest BCUT2D eigenvalue weighted by Gasteiger charge is 2.30. The average Bonchev–Trinajstić information content (AvgIpc) is 3.29. The monoisotopic (exact) mass is 521 g/mol. The normalized spacial score (nSPS) is 14.4. The van der Waals surface area contributed by atoms with Crippen molar-refractivity contribution in [2.24, 2.45) is 11.7 Å². The third-order valence-corrected chi connectivity index (χ3v) is 7.09. The Kier molecular flexibility index (Phi) is 8.55. The Hall–Kier alpha value is -3.61. The van der Waals surface area contributed by atoms with Gasteiger partial charge in [-0.05, 0) is 71.8 Å². The molecular formula is C31H34F3N3O. The molecule has 1 aliphatic rings. The van der Waals surface area contributed by atoms with Crippen LogP contribution >= 0.6 is 0 Å². The average molecular weight is 522 g/mol. The highest BCUT2D eigenvalue weighted by molar-refractivity contribution is 5.92. The van der Waals surface area contributed by atoms with Crippen LogP contribution in [0.2, 0.25) is 0 Å². The molecule has 38 heavy (non-hydrogen) atoms. The van der Waals surface area contributed by atoms with Gasteiger partial charge in [0.25, 0.3) is 0 Å². The van der Waals surface area contributed by atoms with Crippen LogP contribution in [-0.2, 0) is 6.18 Å². The zero-order valence-electron chi connectivity index (χ0n) is 21.8. The highest BCUT2D eigenvalue weighted by atomic mass is 19.4. The molecule has 0 spiro atoms. The van der Waals surface area contributed by atoms with Crippen molar-refractivity contribution >= 4 is 16.8 Å². The van der Waals surface area contributed by atoms with Gasteiger partial charge in [-0.15, -0.1) is 0 Å². The van der Waals surface area contributed by atoms with Crippen LogP contribution in [0.15, 0.2) is 72.9 Å². The van der Waals surface area contributed by atoms with Gasteiger partial charge in [0.15, 0.2) is 0 Å². The standard InChI is InChI=1S/C28H26F3N3O.C3H8/c29-28(30,31)24-12-9-19(10-13-24)22-11-15-26-23(16-22)17-33-34(26)25(14-4-18-2-1-3-18)20-5-7-21(8-6-20)27(32)35;1-3-2/h5-13,15-18,25H,1-4,14H2,(H2,32,35);3H2,1-2H3. The Balaban J connectivity index is 0.00000107. The minimum Gasteiger partial charge on any atom is -0.366 e. The Labute approximate surface area is 221 Å². The van der Waals surface area contributed by atoms with Crippen LogP contribution in [0.5, 0.6) is 0 Å². The first kappa shape index (κ1) is 27.4. The van der Waals surface area contributed by atoms with E-state index in [0.717, 1.165) is 58.5 Å². The molecule has 7 heteroatoms. The predicted molar refractivity (Wildman–Crippen MR) is 146 cm³/mol. The lowest BCUT2D eigenvalue weighted by Gasteiger charge is -2.28. The summed E-state index contributed by atoms with van der Waals surface area (Å²) >= 11 is 0. The smallest absolute Gasteiger partial charge is 0.366 e. The van der Waals surface area contributed by atoms with E-state index in [1.807, 2.05) is 35.0 Å². The number of rotatable bonds is 7. The largest absolute Gasteiger partial charge is 0.416 e. The number of carbonyl (C=O) groups is 1. The lowest BCUT2D eigenvalue weighted by Crippen LogP contribution is -2.17. The van der Waals surface area contributed by atoms with Gasteiger partial charge < -0.3 is 5.73 Å². The van der Waals surface area contributed by atoms with E-state index in [0.29, 0.717) is 5.56 Å². The Bertz CT molecular complexity index is 1350. The van der Waals surface area contributed by atoms with Gasteiger partial charge >= 0.3 is 6.18 Å². The van der Waals surface area contributed by atoms with Crippen LogP contribution in [0.4, 0.5) is 13.2 Å². The number of nitrogens with two attached hydrogens (primary N) is 1. The number of benzene rings is 3. The second kappa shape index (κ2) is 11.8. The van der Waals surface area contributed by atoms with E-state index in [-0.39, 0.29) is 6.04 Å². The molecule has 1 amide bonds. The summed E-state index contributed by atoms with van der Waals surface area (Å²) in [4.78, 5) is 11.5. The summed E-state index contributed by atoms with van der Waals surface area (Å²) in [5.74, 6) is 0.290. The van der Waals surface area contributed by atoms with E-state index in [2.05, 4.69) is 13.8 Å². The molecule has 1 aromatic heterocycles. The summed E-state index contributed by atoms with van der Waals surface area (Å²) in [5, 5.41) is 5.63. The van der Waals surface area contributed by atoms with Crippen LogP contribution in [0, 0.1) is 5.92 Å². The number of amides is 1. The van der Waals surface area contributed by atoms with Gasteiger partial charge in [-0.25, -0.2) is 0 Å². The maximum Gasteiger partial charge on any atom is 0.416 e. The summed E-state index contributed by atoms with van der Waals surface area (Å²) < 4.78 is 40.8. The van der Waals surface area contributed by atoms with E-state index in [4.69, 9.17) is 10.8 Å². The van der Waals surface area contributed by atoms with Crippen LogP contribution in [-0.4, -0.2) is 15.7 Å². The van der Waals surface area contributed by atoms with Crippen molar-refractivity contribution in [1.82, 2.24) is 9.78 Å². The number of nitrogens with zero attached hydrogens (tertiary/aromatic N) is 2. The van der Waals surface area contributed by atoms with Crippen molar-refractivity contribution < 1.29 is 18.0 Å². The number of fused-ring (bicyclic) bond motifs is 1. The van der Waals surface area contributed by atoms with Crippen molar-refractivity contribution in [3.05, 3.63) is 89.6 Å². The van der Waals surface area contributed by atoms with Crippen LogP contribution in [0.3, 0.4) is 0 Å². The lowest BCUT2D eigenvalue weighted by molar-refractivity contribution is -0.137. The number of aromatic nitrogens is 2. The summed E-state index contributed by atoms with van der Waals surface area (Å²) in [6.07, 6.45) is 4.56. The molecule has 200 valence electrons. The molecule has 2 N–H and O–H groups in total. The fourth-order valence-corrected chi connectivity index (χ4v) is 4.81. The Morgan fingerprint density at radius 1 is 1.00 bits per heavy atom. The molecule has 1 saturated carbocycles. The molecule has 4 nitrogen and oxygen atoms in total. The molecule has 5 rings (SSSR count). The first-order valence-electron chi connectivity index (χ1n) is 13.3. The van der Waals surface area contributed by atoms with Gasteiger partial charge in [0, 0.05) is 10.9 Å². The van der Waals surface area contributed by atoms with Gasteiger partial charge in [0.2, 0.25) is 5.91 Å². The summed E-state index contributed by atoms with van der Waals surface area (Å²) in [7, 11) is 0. The van der Waals surface area contributed by atoms with Gasteiger partial charge in [0.1, 0.15) is 0 Å². The van der Waals surface area contributed by atoms with Gasteiger partial charge in [0.05, 0.1) is 23.3 Å². The predicted octanol–water partition coefficient (Wildman–Crippen LogP) is 8.41. The van der Waals surface area contributed by atoms with Crippen molar-refractivity contribution in [2.75, 3.05) is 0 Å². The minimum absolute atomic E-state index is 0.00643. The summed E-state index contributed by atoms with van der Waals surface area (Å²) in [5.41, 5.74) is 8.79. The number of hydrogen-bond donors (Lipinski definition) is 1. The van der Waals surface area contributed by atoms with Crippen molar-refractivity contribution in [3.63, 3.8) is 0 Å². The Morgan fingerprint density at radius 2 is 1.63 bits per heavy atom. The summed E-state index contributed by atoms with van der Waals surface area (Å²) in [6, 6.07) is 18.4. The fourth-order valence-electron chi connectivity index (χ4n) is 4.81. The fraction of sp³-hybridized carbons (Fsp3) is 0.355. The van der Waals surface area contributed by atoms with Gasteiger partial charge in [-0.3, -0.25) is 9.48 Å². The minimum atomic E-state index is -4.35. The molecule has 1 unspecified atom stereocenters. The molecular weight excluding hydrogens is 487 g/mol. The van der Waals surface area contributed by atoms with E-state index in [9.17, 15) is 18.0 Å². The van der Waals surface area contributed by atoms with E-state index < -0.39 is 17.6 Å². The molecule has 1 fully saturated rings.